The van der Waals surface area contributed by atoms with Crippen molar-refractivity contribution in [3.8, 4) is 11.4 Å². The molecule has 0 fully saturated rings. The molecule has 3 aromatic carbocycles. The summed E-state index contributed by atoms with van der Waals surface area (Å²) in [7, 11) is 0. The van der Waals surface area contributed by atoms with Crippen LogP contribution in [0.3, 0.4) is 0 Å². The van der Waals surface area contributed by atoms with Crippen LogP contribution in [0.4, 0.5) is 17.1 Å². The van der Waals surface area contributed by atoms with Gasteiger partial charge < -0.3 is 4.90 Å². The third kappa shape index (κ3) is 7.40. The second-order valence-electron chi connectivity index (χ2n) is 12.6. The summed E-state index contributed by atoms with van der Waals surface area (Å²) in [4.78, 5) is 2.17. The minimum atomic E-state index is 0. The summed E-state index contributed by atoms with van der Waals surface area (Å²) in [5.41, 5.74) is 7.47. The SMILES string of the molecule is CC(C)(C)Cc1cnn(-c2[c-]c(N(c3[c-]c(-n4cc(CC(C)(C)C)cn4)ccc3)c3ccccc3)ccc2)c1.[Pt+2]. The third-order valence-corrected chi connectivity index (χ3v) is 6.26. The summed E-state index contributed by atoms with van der Waals surface area (Å²) < 4.78 is 3.82. The van der Waals surface area contributed by atoms with Crippen LogP contribution in [-0.4, -0.2) is 19.6 Å². The van der Waals surface area contributed by atoms with Gasteiger partial charge in [0.25, 0.3) is 0 Å². The maximum Gasteiger partial charge on any atom is 2.00 e. The number of aromatic nitrogens is 4. The van der Waals surface area contributed by atoms with Crippen molar-refractivity contribution in [3.63, 3.8) is 0 Å². The molecule has 5 rings (SSSR count). The van der Waals surface area contributed by atoms with Gasteiger partial charge in [0.1, 0.15) is 0 Å². The van der Waals surface area contributed by atoms with E-state index in [-0.39, 0.29) is 31.9 Å². The second kappa shape index (κ2) is 12.0. The number of hydrogen-bond acceptors (Lipinski definition) is 3. The van der Waals surface area contributed by atoms with Gasteiger partial charge in [0.2, 0.25) is 0 Å². The van der Waals surface area contributed by atoms with Crippen molar-refractivity contribution in [3.05, 3.63) is 115 Å². The van der Waals surface area contributed by atoms with Crippen molar-refractivity contribution in [1.29, 1.82) is 0 Å². The molecule has 0 aliphatic carbocycles. The predicted octanol–water partition coefficient (Wildman–Crippen LogP) is 8.30. The molecule has 0 atom stereocenters. The summed E-state index contributed by atoms with van der Waals surface area (Å²) in [5.74, 6) is 0. The van der Waals surface area contributed by atoms with E-state index in [2.05, 4.69) is 130 Å². The fourth-order valence-electron chi connectivity index (χ4n) is 4.79. The number of benzene rings is 3. The molecule has 0 radical (unpaired) electrons. The molecule has 5 nitrogen and oxygen atoms in total. The van der Waals surface area contributed by atoms with Crippen LogP contribution in [0.2, 0.25) is 0 Å². The third-order valence-electron chi connectivity index (χ3n) is 6.26. The number of rotatable bonds is 7. The normalized spacial score (nSPS) is 11.8. The van der Waals surface area contributed by atoms with Gasteiger partial charge >= 0.3 is 21.1 Å². The first-order valence-corrected chi connectivity index (χ1v) is 13.5. The Hall–Kier alpha value is -3.43. The van der Waals surface area contributed by atoms with Crippen LogP contribution in [0.1, 0.15) is 52.7 Å². The molecule has 208 valence electrons. The summed E-state index contributed by atoms with van der Waals surface area (Å²) in [6.45, 7) is 13.5. The van der Waals surface area contributed by atoms with Gasteiger partial charge in [-0.15, -0.1) is 36.4 Å². The van der Waals surface area contributed by atoms with E-state index in [0.29, 0.717) is 0 Å². The molecule has 0 unspecified atom stereocenters. The Morgan fingerprint density at radius 1 is 0.625 bits per heavy atom. The Bertz CT molecular complexity index is 1440. The standard InChI is InChI=1S/C34H37N5.Pt/c1-33(2,3)20-26-22-35-37(24-26)29-14-10-16-31(18-29)39(28-12-8-7-9-13-28)32-17-11-15-30(19-32)38-25-27(23-36-38)21-34(4,5)6;/h7-17,22-25H,20-21H2,1-6H3;/q-2;+2. The minimum absolute atomic E-state index is 0. The number of nitrogens with zero attached hydrogens (tertiary/aromatic N) is 5. The first-order chi connectivity index (χ1) is 18.5. The smallest absolute Gasteiger partial charge is 0.358 e. The summed E-state index contributed by atoms with van der Waals surface area (Å²) in [6.07, 6.45) is 10.1. The largest absolute Gasteiger partial charge is 2.00 e. The van der Waals surface area contributed by atoms with Crippen LogP contribution >= 0.6 is 0 Å². The van der Waals surface area contributed by atoms with Gasteiger partial charge in [-0.25, -0.2) is 0 Å². The van der Waals surface area contributed by atoms with Gasteiger partial charge in [-0.3, -0.25) is 9.36 Å². The molecule has 0 saturated carbocycles. The molecule has 0 bridgehead atoms. The second-order valence-corrected chi connectivity index (χ2v) is 12.6. The van der Waals surface area contributed by atoms with Crippen molar-refractivity contribution < 1.29 is 21.1 Å². The molecular weight excluding hydrogens is 673 g/mol. The maximum atomic E-state index is 4.65. The van der Waals surface area contributed by atoms with Crippen molar-refractivity contribution in [2.45, 2.75) is 54.4 Å². The Morgan fingerprint density at radius 3 is 1.50 bits per heavy atom. The van der Waals surface area contributed by atoms with E-state index in [0.717, 1.165) is 41.3 Å². The molecule has 0 spiro atoms. The van der Waals surface area contributed by atoms with Gasteiger partial charge in [0.15, 0.2) is 0 Å². The summed E-state index contributed by atoms with van der Waals surface area (Å²) >= 11 is 0. The Balaban J connectivity index is 0.00000370. The molecule has 0 amide bonds. The first-order valence-electron chi connectivity index (χ1n) is 13.5. The van der Waals surface area contributed by atoms with E-state index in [1.165, 1.54) is 11.1 Å². The number of hydrogen-bond donors (Lipinski definition) is 0. The van der Waals surface area contributed by atoms with Crippen molar-refractivity contribution >= 4 is 17.1 Å². The van der Waals surface area contributed by atoms with Crippen LogP contribution in [0.15, 0.2) is 91.5 Å². The first kappa shape index (κ1) is 29.5. The zero-order chi connectivity index (χ0) is 27.6. The van der Waals surface area contributed by atoms with Gasteiger partial charge in [-0.1, -0.05) is 71.1 Å². The van der Waals surface area contributed by atoms with Gasteiger partial charge in [-0.05, 0) is 58.3 Å². The molecule has 6 heteroatoms. The topological polar surface area (TPSA) is 38.9 Å². The molecule has 0 N–H and O–H groups in total. The van der Waals surface area contributed by atoms with Crippen LogP contribution in [0.25, 0.3) is 11.4 Å². The van der Waals surface area contributed by atoms with E-state index < -0.39 is 0 Å². The van der Waals surface area contributed by atoms with Gasteiger partial charge in [0, 0.05) is 18.1 Å². The van der Waals surface area contributed by atoms with Gasteiger partial charge in [0.05, 0.1) is 12.4 Å². The molecular formula is C34H37N5Pt. The van der Waals surface area contributed by atoms with Crippen LogP contribution < -0.4 is 4.90 Å². The monoisotopic (exact) mass is 710 g/mol. The molecule has 2 aromatic heterocycles. The Kier molecular flexibility index (Phi) is 8.85. The maximum absolute atomic E-state index is 4.65. The fourth-order valence-corrected chi connectivity index (χ4v) is 4.79. The van der Waals surface area contributed by atoms with E-state index in [4.69, 9.17) is 0 Å². The summed E-state index contributed by atoms with van der Waals surface area (Å²) in [5, 5.41) is 9.29. The van der Waals surface area contributed by atoms with Crippen LogP contribution in [0, 0.1) is 23.0 Å². The molecule has 0 aliphatic heterocycles. The fraction of sp³-hybridized carbons (Fsp3) is 0.294. The van der Waals surface area contributed by atoms with Crippen molar-refractivity contribution in [1.82, 2.24) is 19.6 Å². The zero-order valence-corrected chi connectivity index (χ0v) is 26.4. The van der Waals surface area contributed by atoms with E-state index in [1.807, 2.05) is 40.0 Å². The van der Waals surface area contributed by atoms with Crippen molar-refractivity contribution in [2.24, 2.45) is 10.8 Å². The molecule has 40 heavy (non-hydrogen) atoms. The van der Waals surface area contributed by atoms with Crippen molar-refractivity contribution in [2.75, 3.05) is 4.90 Å². The zero-order valence-electron chi connectivity index (χ0n) is 24.1. The number of anilines is 3. The molecule has 0 aliphatic rings. The Morgan fingerprint density at radius 2 is 1.07 bits per heavy atom. The average molecular weight is 711 g/mol. The molecule has 5 aromatic rings. The summed E-state index contributed by atoms with van der Waals surface area (Å²) in [6, 6.07) is 29.9. The molecule has 2 heterocycles. The number of para-hydroxylation sites is 1. The van der Waals surface area contributed by atoms with E-state index in [1.54, 1.807) is 0 Å². The van der Waals surface area contributed by atoms with Crippen LogP contribution in [0.5, 0.6) is 0 Å². The minimum Gasteiger partial charge on any atom is -0.358 e. The average Bonchev–Trinajstić information content (AvgIpc) is 3.53. The van der Waals surface area contributed by atoms with Crippen LogP contribution in [-0.2, 0) is 33.9 Å². The van der Waals surface area contributed by atoms with Gasteiger partial charge in [-0.2, -0.15) is 22.3 Å². The molecule has 0 saturated heterocycles. The quantitative estimate of drug-likeness (QED) is 0.160. The predicted molar refractivity (Wildman–Crippen MR) is 159 cm³/mol. The Labute approximate surface area is 253 Å². The van der Waals surface area contributed by atoms with E-state index >= 15 is 0 Å². The van der Waals surface area contributed by atoms with E-state index in [9.17, 15) is 0 Å².